The average molecular weight is 530 g/mol. The first-order chi connectivity index (χ1) is 17.6. The molecule has 0 aromatic carbocycles. The quantitative estimate of drug-likeness (QED) is 0.431. The lowest BCUT2D eigenvalue weighted by Crippen LogP contribution is -2.58. The van der Waals surface area contributed by atoms with Crippen LogP contribution in [0.2, 0.25) is 0 Å². The number of hydrogen-bond donors (Lipinski definition) is 1. The van der Waals surface area contributed by atoms with Crippen LogP contribution >= 0.6 is 0 Å². The topological polar surface area (TPSA) is 59.0 Å². The maximum Gasteiger partial charge on any atom is 0.409 e. The Kier molecular flexibility index (Phi) is 6.02. The van der Waals surface area contributed by atoms with Crippen LogP contribution in [0.4, 0.5) is 4.79 Å². The van der Waals surface area contributed by atoms with Gasteiger partial charge in [-0.3, -0.25) is 0 Å². The lowest BCUT2D eigenvalue weighted by atomic mass is 9.41. The summed E-state index contributed by atoms with van der Waals surface area (Å²) in [6, 6.07) is 0. The van der Waals surface area contributed by atoms with Crippen molar-refractivity contribution in [1.29, 1.82) is 0 Å². The molecular weight excluding hydrogens is 474 g/mol. The summed E-state index contributed by atoms with van der Waals surface area (Å²) in [4.78, 5) is 14.1. The van der Waals surface area contributed by atoms with Gasteiger partial charge in [-0.15, -0.1) is 0 Å². The number of fused-ring (bicyclic) bond motifs is 4. The zero-order valence-corrected chi connectivity index (χ0v) is 25.7. The van der Waals surface area contributed by atoms with E-state index in [2.05, 4.69) is 48.5 Å². The molecule has 0 aromatic rings. The number of nitrogens with zero attached hydrogens (tertiary/aromatic N) is 1. The van der Waals surface area contributed by atoms with E-state index in [-0.39, 0.29) is 47.3 Å². The molecule has 12 unspecified atom stereocenters. The fourth-order valence-corrected chi connectivity index (χ4v) is 12.4. The second kappa shape index (κ2) is 8.37. The fraction of sp³-hybridized carbons (Fsp3) is 0.970. The lowest BCUT2D eigenvalue weighted by molar-refractivity contribution is -0.176. The van der Waals surface area contributed by atoms with E-state index in [1.807, 2.05) is 0 Å². The van der Waals surface area contributed by atoms with Gasteiger partial charge in [-0.2, -0.15) is 0 Å². The van der Waals surface area contributed by atoms with Crippen molar-refractivity contribution in [2.75, 3.05) is 14.1 Å². The molecule has 12 atom stereocenters. The van der Waals surface area contributed by atoms with Crippen molar-refractivity contribution in [2.24, 2.45) is 56.7 Å². The summed E-state index contributed by atoms with van der Waals surface area (Å²) < 4.78 is 13.1. The molecule has 0 aromatic heterocycles. The normalized spacial score (nSPS) is 53.1. The molecule has 2 spiro atoms. The molecular formula is C33H55NO4. The monoisotopic (exact) mass is 529 g/mol. The molecule has 6 aliphatic rings. The Morgan fingerprint density at radius 2 is 1.63 bits per heavy atom. The maximum atomic E-state index is 12.5. The van der Waals surface area contributed by atoms with E-state index >= 15 is 0 Å². The van der Waals surface area contributed by atoms with Crippen molar-refractivity contribution in [2.45, 2.75) is 131 Å². The van der Waals surface area contributed by atoms with Crippen LogP contribution in [0.5, 0.6) is 0 Å². The second-order valence-corrected chi connectivity index (χ2v) is 16.5. The van der Waals surface area contributed by atoms with Crippen molar-refractivity contribution in [3.63, 3.8) is 0 Å². The molecule has 6 rings (SSSR count). The summed E-state index contributed by atoms with van der Waals surface area (Å²) in [5.74, 6) is 2.80. The zero-order valence-electron chi connectivity index (χ0n) is 25.7. The van der Waals surface area contributed by atoms with Crippen LogP contribution in [0.1, 0.15) is 106 Å². The molecule has 216 valence electrons. The molecule has 5 nitrogen and oxygen atoms in total. The predicted molar refractivity (Wildman–Crippen MR) is 150 cm³/mol. The number of aliphatic hydroxyl groups is 1. The van der Waals surface area contributed by atoms with Gasteiger partial charge in [-0.1, -0.05) is 48.5 Å². The molecule has 5 saturated carbocycles. The van der Waals surface area contributed by atoms with Gasteiger partial charge in [-0.05, 0) is 114 Å². The predicted octanol–water partition coefficient (Wildman–Crippen LogP) is 6.91. The molecule has 6 fully saturated rings. The van der Waals surface area contributed by atoms with Gasteiger partial charge in [0, 0.05) is 14.1 Å². The number of amides is 1. The van der Waals surface area contributed by atoms with E-state index in [1.165, 1.54) is 43.4 Å². The minimum absolute atomic E-state index is 0.0277. The highest BCUT2D eigenvalue weighted by Gasteiger charge is 2.83. The molecule has 5 heteroatoms. The maximum absolute atomic E-state index is 12.5. The van der Waals surface area contributed by atoms with Gasteiger partial charge in [0.2, 0.25) is 0 Å². The molecule has 1 heterocycles. The first-order valence-electron chi connectivity index (χ1n) is 15.9. The molecule has 5 aliphatic carbocycles. The standard InChI is InChI=1S/C33H55NO4/c1-19(2)27(38-28(36)34(8)9)21-16-20(3)26-22(37-21)17-31(7)24-11-10-23-29(4,5)25(35)12-13-32(23)18-33(24,32)15-14-30(26,31)6/h19-27,35H,10-18H2,1-9H3. The van der Waals surface area contributed by atoms with Gasteiger partial charge >= 0.3 is 6.09 Å². The smallest absolute Gasteiger partial charge is 0.409 e. The van der Waals surface area contributed by atoms with Crippen molar-refractivity contribution in [1.82, 2.24) is 4.90 Å². The molecule has 1 saturated heterocycles. The summed E-state index contributed by atoms with van der Waals surface area (Å²) in [7, 11) is 3.51. The third-order valence-corrected chi connectivity index (χ3v) is 14.3. The van der Waals surface area contributed by atoms with Crippen LogP contribution in [0.25, 0.3) is 0 Å². The van der Waals surface area contributed by atoms with E-state index in [0.29, 0.717) is 34.0 Å². The van der Waals surface area contributed by atoms with E-state index in [4.69, 9.17) is 9.47 Å². The summed E-state index contributed by atoms with van der Waals surface area (Å²) >= 11 is 0. The van der Waals surface area contributed by atoms with Crippen LogP contribution in [-0.4, -0.2) is 54.6 Å². The zero-order chi connectivity index (χ0) is 27.6. The number of ether oxygens (including phenoxy) is 2. The Hall–Kier alpha value is -0.810. The van der Waals surface area contributed by atoms with Crippen LogP contribution in [0.15, 0.2) is 0 Å². The van der Waals surface area contributed by atoms with E-state index in [9.17, 15) is 9.90 Å². The molecule has 38 heavy (non-hydrogen) atoms. The highest BCUT2D eigenvalue weighted by Crippen LogP contribution is 2.89. The summed E-state index contributed by atoms with van der Waals surface area (Å²) in [5, 5.41) is 11.0. The number of hydrogen-bond acceptors (Lipinski definition) is 4. The number of carbonyl (C=O) groups excluding carboxylic acids is 1. The van der Waals surface area contributed by atoms with Gasteiger partial charge in [0.15, 0.2) is 0 Å². The van der Waals surface area contributed by atoms with Crippen LogP contribution in [-0.2, 0) is 9.47 Å². The SMILES string of the molecule is CC(C)C(OC(=O)N(C)C)C1CC(C)C2C(CC3(C)C4CCC5C(C)(C)C(O)CCC56CC46CCC23C)O1. The summed E-state index contributed by atoms with van der Waals surface area (Å²) in [5.41, 5.74) is 1.57. The summed E-state index contributed by atoms with van der Waals surface area (Å²) in [6.07, 6.45) is 10.7. The number of carbonyl (C=O) groups is 1. The van der Waals surface area contributed by atoms with Crippen molar-refractivity contribution in [3.8, 4) is 0 Å². The van der Waals surface area contributed by atoms with Gasteiger partial charge < -0.3 is 19.5 Å². The highest BCUT2D eigenvalue weighted by atomic mass is 16.6. The average Bonchev–Trinajstić information content (AvgIpc) is 3.43. The fourth-order valence-electron chi connectivity index (χ4n) is 12.4. The highest BCUT2D eigenvalue weighted by molar-refractivity contribution is 5.67. The third-order valence-electron chi connectivity index (χ3n) is 14.3. The van der Waals surface area contributed by atoms with Gasteiger partial charge in [0.05, 0.1) is 18.3 Å². The van der Waals surface area contributed by atoms with Gasteiger partial charge in [-0.25, -0.2) is 4.79 Å². The Morgan fingerprint density at radius 3 is 2.29 bits per heavy atom. The third kappa shape index (κ3) is 3.27. The molecule has 0 radical (unpaired) electrons. The Balaban J connectivity index is 1.28. The van der Waals surface area contributed by atoms with Crippen molar-refractivity contribution in [3.05, 3.63) is 0 Å². The van der Waals surface area contributed by atoms with Crippen LogP contribution in [0.3, 0.4) is 0 Å². The Labute approximate surface area is 231 Å². The Bertz CT molecular complexity index is 978. The molecule has 0 bridgehead atoms. The number of aliphatic hydroxyl groups excluding tert-OH is 1. The summed E-state index contributed by atoms with van der Waals surface area (Å²) in [6.45, 7) is 16.8. The first kappa shape index (κ1) is 27.4. The minimum atomic E-state index is -0.264. The van der Waals surface area contributed by atoms with E-state index in [0.717, 1.165) is 25.2 Å². The first-order valence-corrected chi connectivity index (χ1v) is 15.9. The largest absolute Gasteiger partial charge is 0.443 e. The molecule has 1 amide bonds. The van der Waals surface area contributed by atoms with Crippen LogP contribution in [0, 0.1) is 56.7 Å². The van der Waals surface area contributed by atoms with Gasteiger partial charge in [0.25, 0.3) is 0 Å². The molecule has 1 N–H and O–H groups in total. The number of rotatable bonds is 3. The van der Waals surface area contributed by atoms with E-state index in [1.54, 1.807) is 14.1 Å². The second-order valence-electron chi connectivity index (χ2n) is 16.5. The van der Waals surface area contributed by atoms with Crippen molar-refractivity contribution < 1.29 is 19.4 Å². The minimum Gasteiger partial charge on any atom is -0.443 e. The lowest BCUT2D eigenvalue weighted by Gasteiger charge is -2.63. The Morgan fingerprint density at radius 1 is 0.974 bits per heavy atom. The van der Waals surface area contributed by atoms with E-state index < -0.39 is 0 Å². The van der Waals surface area contributed by atoms with Crippen LogP contribution < -0.4 is 0 Å². The van der Waals surface area contributed by atoms with Gasteiger partial charge in [0.1, 0.15) is 6.10 Å². The molecule has 1 aliphatic heterocycles. The van der Waals surface area contributed by atoms with Crippen molar-refractivity contribution >= 4 is 6.09 Å².